The molecule has 0 aliphatic carbocycles. The first-order valence-corrected chi connectivity index (χ1v) is 6.10. The van der Waals surface area contributed by atoms with Crippen molar-refractivity contribution in [3.63, 3.8) is 0 Å². The van der Waals surface area contributed by atoms with Crippen molar-refractivity contribution >= 4 is 23.4 Å². The molecule has 1 aromatic heterocycles. The second kappa shape index (κ2) is 5.24. The summed E-state index contributed by atoms with van der Waals surface area (Å²) in [5.74, 6) is 0.796. The number of halogens is 2. The van der Waals surface area contributed by atoms with Gasteiger partial charge in [-0.1, -0.05) is 0 Å². The molecule has 3 rings (SSSR count). The van der Waals surface area contributed by atoms with Gasteiger partial charge in [0, 0.05) is 6.04 Å². The van der Waals surface area contributed by atoms with Crippen LogP contribution in [-0.2, 0) is 0 Å². The van der Waals surface area contributed by atoms with Crippen molar-refractivity contribution in [3.8, 4) is 0 Å². The fourth-order valence-electron chi connectivity index (χ4n) is 2.71. The zero-order chi connectivity index (χ0) is 11.8. The molecular formula is C13H17ClFN3. The lowest BCUT2D eigenvalue weighted by molar-refractivity contribution is 0.370. The first-order valence-electron chi connectivity index (χ1n) is 6.10. The second-order valence-electron chi connectivity index (χ2n) is 4.64. The second-order valence-corrected chi connectivity index (χ2v) is 4.64. The molecule has 0 saturated carbocycles. The summed E-state index contributed by atoms with van der Waals surface area (Å²) in [5.41, 5.74) is 1.82. The standard InChI is InChI=1S/C13H16FN3.ClH/c1-9-16-12-3-2-10(14)8-13(12)17(9)11-4-6-15-7-5-11;/h2-3,8,11,15H,4-7H2,1H3;1H. The molecule has 2 aromatic rings. The van der Waals surface area contributed by atoms with Crippen LogP contribution in [0.4, 0.5) is 4.39 Å². The van der Waals surface area contributed by atoms with E-state index in [1.807, 2.05) is 6.92 Å². The molecule has 1 aliphatic rings. The van der Waals surface area contributed by atoms with E-state index < -0.39 is 0 Å². The van der Waals surface area contributed by atoms with Gasteiger partial charge in [0.05, 0.1) is 11.0 Å². The average Bonchev–Trinajstić information content (AvgIpc) is 2.65. The maximum absolute atomic E-state index is 13.3. The summed E-state index contributed by atoms with van der Waals surface area (Å²) in [6.07, 6.45) is 2.17. The van der Waals surface area contributed by atoms with Gasteiger partial charge in [0.2, 0.25) is 0 Å². The third kappa shape index (κ3) is 2.22. The molecule has 0 radical (unpaired) electrons. The van der Waals surface area contributed by atoms with Gasteiger partial charge in [0.1, 0.15) is 11.6 Å². The molecule has 1 N–H and O–H groups in total. The van der Waals surface area contributed by atoms with E-state index in [0.29, 0.717) is 6.04 Å². The molecule has 1 fully saturated rings. The number of aromatic nitrogens is 2. The zero-order valence-corrected chi connectivity index (χ0v) is 11.1. The van der Waals surface area contributed by atoms with Gasteiger partial charge >= 0.3 is 0 Å². The van der Waals surface area contributed by atoms with Crippen molar-refractivity contribution < 1.29 is 4.39 Å². The molecule has 0 atom stereocenters. The predicted octanol–water partition coefficient (Wildman–Crippen LogP) is 2.83. The van der Waals surface area contributed by atoms with Gasteiger partial charge in [0.15, 0.2) is 0 Å². The molecule has 2 heterocycles. The van der Waals surface area contributed by atoms with Gasteiger partial charge in [0.25, 0.3) is 0 Å². The van der Waals surface area contributed by atoms with E-state index in [0.717, 1.165) is 42.8 Å². The normalized spacial score (nSPS) is 16.8. The molecule has 1 saturated heterocycles. The molecular weight excluding hydrogens is 253 g/mol. The molecule has 0 spiro atoms. The van der Waals surface area contributed by atoms with E-state index >= 15 is 0 Å². The summed E-state index contributed by atoms with van der Waals surface area (Å²) in [6.45, 7) is 4.05. The van der Waals surface area contributed by atoms with E-state index in [9.17, 15) is 4.39 Å². The summed E-state index contributed by atoms with van der Waals surface area (Å²) >= 11 is 0. The maximum atomic E-state index is 13.3. The average molecular weight is 270 g/mol. The van der Waals surface area contributed by atoms with Crippen molar-refractivity contribution in [2.75, 3.05) is 13.1 Å². The molecule has 1 aliphatic heterocycles. The summed E-state index contributed by atoms with van der Waals surface area (Å²) in [6, 6.07) is 5.27. The molecule has 3 nitrogen and oxygen atoms in total. The number of hydrogen-bond acceptors (Lipinski definition) is 2. The maximum Gasteiger partial charge on any atom is 0.125 e. The van der Waals surface area contributed by atoms with E-state index in [4.69, 9.17) is 0 Å². The number of rotatable bonds is 1. The van der Waals surface area contributed by atoms with Crippen molar-refractivity contribution in [3.05, 3.63) is 29.8 Å². The first kappa shape index (κ1) is 13.3. The smallest absolute Gasteiger partial charge is 0.125 e. The Labute approximate surface area is 112 Å². The lowest BCUT2D eigenvalue weighted by atomic mass is 10.1. The largest absolute Gasteiger partial charge is 0.325 e. The number of fused-ring (bicyclic) bond motifs is 1. The highest BCUT2D eigenvalue weighted by Crippen LogP contribution is 2.26. The van der Waals surface area contributed by atoms with E-state index in [-0.39, 0.29) is 18.2 Å². The lowest BCUT2D eigenvalue weighted by Crippen LogP contribution is -2.29. The highest BCUT2D eigenvalue weighted by atomic mass is 35.5. The minimum absolute atomic E-state index is 0. The molecule has 0 unspecified atom stereocenters. The molecule has 98 valence electrons. The van der Waals surface area contributed by atoms with Crippen molar-refractivity contribution in [2.45, 2.75) is 25.8 Å². The molecule has 1 aromatic carbocycles. The molecule has 0 bridgehead atoms. The highest BCUT2D eigenvalue weighted by molar-refractivity contribution is 5.85. The van der Waals surface area contributed by atoms with Gasteiger partial charge in [-0.05, 0) is 51.1 Å². The van der Waals surface area contributed by atoms with Crippen LogP contribution in [0.3, 0.4) is 0 Å². The summed E-state index contributed by atoms with van der Waals surface area (Å²) in [4.78, 5) is 4.51. The Morgan fingerprint density at radius 2 is 2.06 bits per heavy atom. The number of hydrogen-bond donors (Lipinski definition) is 1. The SMILES string of the molecule is Cc1nc2ccc(F)cc2n1C1CCNCC1.Cl. The number of piperidine rings is 1. The van der Waals surface area contributed by atoms with Crippen LogP contribution in [-0.4, -0.2) is 22.6 Å². The Hall–Kier alpha value is -1.13. The molecule has 18 heavy (non-hydrogen) atoms. The Balaban J connectivity index is 0.00000120. The summed E-state index contributed by atoms with van der Waals surface area (Å²) in [5, 5.41) is 3.35. The van der Waals surface area contributed by atoms with Crippen LogP contribution in [0.2, 0.25) is 0 Å². The van der Waals surface area contributed by atoms with Crippen LogP contribution in [0.25, 0.3) is 11.0 Å². The van der Waals surface area contributed by atoms with Crippen LogP contribution < -0.4 is 5.32 Å². The van der Waals surface area contributed by atoms with Crippen LogP contribution in [0.1, 0.15) is 24.7 Å². The number of imidazole rings is 1. The topological polar surface area (TPSA) is 29.9 Å². The third-order valence-corrected chi connectivity index (χ3v) is 3.50. The zero-order valence-electron chi connectivity index (χ0n) is 10.3. The van der Waals surface area contributed by atoms with Crippen LogP contribution in [0.5, 0.6) is 0 Å². The Morgan fingerprint density at radius 3 is 2.78 bits per heavy atom. The third-order valence-electron chi connectivity index (χ3n) is 3.50. The first-order chi connectivity index (χ1) is 8.25. The number of nitrogens with one attached hydrogen (secondary N) is 1. The minimum atomic E-state index is -0.187. The Bertz CT molecular complexity index is 546. The van der Waals surface area contributed by atoms with Crippen LogP contribution >= 0.6 is 12.4 Å². The van der Waals surface area contributed by atoms with Crippen molar-refractivity contribution in [1.29, 1.82) is 0 Å². The van der Waals surface area contributed by atoms with E-state index in [2.05, 4.69) is 14.9 Å². The summed E-state index contributed by atoms with van der Waals surface area (Å²) in [7, 11) is 0. The van der Waals surface area contributed by atoms with Crippen molar-refractivity contribution in [1.82, 2.24) is 14.9 Å². The fourth-order valence-corrected chi connectivity index (χ4v) is 2.71. The van der Waals surface area contributed by atoms with Gasteiger partial charge in [-0.25, -0.2) is 9.37 Å². The molecule has 5 heteroatoms. The van der Waals surface area contributed by atoms with Gasteiger partial charge in [-0.3, -0.25) is 0 Å². The Morgan fingerprint density at radius 1 is 1.33 bits per heavy atom. The fraction of sp³-hybridized carbons (Fsp3) is 0.462. The molecule has 0 amide bonds. The Kier molecular flexibility index (Phi) is 3.88. The number of nitrogens with zero attached hydrogens (tertiary/aromatic N) is 2. The van der Waals surface area contributed by atoms with Crippen LogP contribution in [0, 0.1) is 12.7 Å². The lowest BCUT2D eigenvalue weighted by Gasteiger charge is -2.25. The van der Waals surface area contributed by atoms with Gasteiger partial charge in [-0.2, -0.15) is 0 Å². The minimum Gasteiger partial charge on any atom is -0.325 e. The highest BCUT2D eigenvalue weighted by Gasteiger charge is 2.19. The van der Waals surface area contributed by atoms with Crippen LogP contribution in [0.15, 0.2) is 18.2 Å². The van der Waals surface area contributed by atoms with Gasteiger partial charge in [-0.15, -0.1) is 12.4 Å². The predicted molar refractivity (Wildman–Crippen MR) is 72.8 cm³/mol. The van der Waals surface area contributed by atoms with Gasteiger partial charge < -0.3 is 9.88 Å². The van der Waals surface area contributed by atoms with Crippen molar-refractivity contribution in [2.24, 2.45) is 0 Å². The summed E-state index contributed by atoms with van der Waals surface area (Å²) < 4.78 is 15.5. The van der Waals surface area contributed by atoms with E-state index in [1.165, 1.54) is 6.07 Å². The van der Waals surface area contributed by atoms with E-state index in [1.54, 1.807) is 12.1 Å². The number of aryl methyl sites for hydroxylation is 1. The number of benzene rings is 1. The quantitative estimate of drug-likeness (QED) is 0.863. The monoisotopic (exact) mass is 269 g/mol.